The molecule has 2 aromatic rings. The minimum absolute atomic E-state index is 0.894. The van der Waals surface area contributed by atoms with Crippen LogP contribution in [0.25, 0.3) is 17.0 Å². The molecule has 1 heterocycles. The van der Waals surface area contributed by atoms with Crippen LogP contribution in [-0.2, 0) is 0 Å². The summed E-state index contributed by atoms with van der Waals surface area (Å²) < 4.78 is 0. The summed E-state index contributed by atoms with van der Waals surface area (Å²) in [6.45, 7) is 17.7. The van der Waals surface area contributed by atoms with Gasteiger partial charge in [-0.05, 0) is 13.0 Å². The van der Waals surface area contributed by atoms with E-state index in [1.807, 2.05) is 72.7 Å². The van der Waals surface area contributed by atoms with Crippen molar-refractivity contribution in [2.75, 3.05) is 0 Å². The van der Waals surface area contributed by atoms with Gasteiger partial charge in [-0.3, -0.25) is 9.98 Å². The third-order valence-electron chi connectivity index (χ3n) is 2.26. The van der Waals surface area contributed by atoms with Gasteiger partial charge in [0.25, 0.3) is 0 Å². The molecule has 2 heteroatoms. The number of benzene rings is 1. The van der Waals surface area contributed by atoms with Crippen molar-refractivity contribution in [2.45, 2.75) is 48.5 Å². The Hall–Kier alpha value is -1.96. The Kier molecular flexibility index (Phi) is 14.7. The fourth-order valence-corrected chi connectivity index (χ4v) is 1.57. The van der Waals surface area contributed by atoms with Crippen molar-refractivity contribution in [2.24, 2.45) is 4.99 Å². The number of pyridine rings is 1. The molecular formula is C19H30N2. The molecule has 2 rings (SSSR count). The highest BCUT2D eigenvalue weighted by molar-refractivity contribution is 5.94. The highest BCUT2D eigenvalue weighted by Gasteiger charge is 2.04. The lowest BCUT2D eigenvalue weighted by molar-refractivity contribution is 1.39. The fourth-order valence-electron chi connectivity index (χ4n) is 1.57. The van der Waals surface area contributed by atoms with E-state index in [4.69, 9.17) is 0 Å². The molecule has 0 saturated carbocycles. The number of nitrogens with zero attached hydrogens (tertiary/aromatic N) is 2. The highest BCUT2D eigenvalue weighted by atomic mass is 14.8. The second kappa shape index (κ2) is 14.4. The lowest BCUT2D eigenvalue weighted by Gasteiger charge is -2.04. The molecule has 0 aliphatic heterocycles. The zero-order chi connectivity index (χ0) is 16.7. The first-order valence-electron chi connectivity index (χ1n) is 7.85. The average molecular weight is 286 g/mol. The summed E-state index contributed by atoms with van der Waals surface area (Å²) in [5.74, 6) is 0. The quantitative estimate of drug-likeness (QED) is 0.565. The predicted octanol–water partition coefficient (Wildman–Crippen LogP) is 6.68. The van der Waals surface area contributed by atoms with Crippen molar-refractivity contribution in [1.82, 2.24) is 4.98 Å². The van der Waals surface area contributed by atoms with E-state index in [-0.39, 0.29) is 0 Å². The first kappa shape index (κ1) is 21.3. The van der Waals surface area contributed by atoms with Crippen LogP contribution in [0.15, 0.2) is 42.0 Å². The molecule has 0 saturated heterocycles. The number of aromatic nitrogens is 1. The van der Waals surface area contributed by atoms with Crippen LogP contribution in [0.2, 0.25) is 0 Å². The van der Waals surface area contributed by atoms with E-state index in [0.717, 1.165) is 22.2 Å². The summed E-state index contributed by atoms with van der Waals surface area (Å²) >= 11 is 0. The second-order valence-electron chi connectivity index (χ2n) is 3.17. The van der Waals surface area contributed by atoms with Crippen LogP contribution >= 0.6 is 0 Å². The molecule has 0 radical (unpaired) electrons. The molecule has 21 heavy (non-hydrogen) atoms. The van der Waals surface area contributed by atoms with E-state index in [0.29, 0.717) is 0 Å². The molecule has 0 atom stereocenters. The van der Waals surface area contributed by atoms with Gasteiger partial charge in [0, 0.05) is 23.4 Å². The van der Waals surface area contributed by atoms with Gasteiger partial charge in [-0.1, -0.05) is 72.4 Å². The van der Waals surface area contributed by atoms with Gasteiger partial charge in [0.05, 0.1) is 11.2 Å². The average Bonchev–Trinajstić information content (AvgIpc) is 2.61. The molecule has 0 aliphatic rings. The maximum atomic E-state index is 4.35. The normalized spacial score (nSPS) is 8.71. The zero-order valence-corrected chi connectivity index (χ0v) is 14.6. The summed E-state index contributed by atoms with van der Waals surface area (Å²) in [4.78, 5) is 8.69. The van der Waals surface area contributed by atoms with Crippen molar-refractivity contribution in [1.29, 1.82) is 0 Å². The number of aliphatic imine (C=N–C) groups is 1. The lowest BCUT2D eigenvalue weighted by Crippen LogP contribution is -1.82. The fraction of sp³-hybridized carbons (Fsp3) is 0.368. The van der Waals surface area contributed by atoms with E-state index in [2.05, 4.69) is 16.6 Å². The van der Waals surface area contributed by atoms with E-state index < -0.39 is 0 Å². The molecule has 2 nitrogen and oxygen atoms in total. The minimum atomic E-state index is 0.894. The predicted molar refractivity (Wildman–Crippen MR) is 99.7 cm³/mol. The van der Waals surface area contributed by atoms with Crippen LogP contribution in [0.1, 0.15) is 54.0 Å². The summed E-state index contributed by atoms with van der Waals surface area (Å²) in [6, 6.07) is 8.01. The summed E-state index contributed by atoms with van der Waals surface area (Å²) in [7, 11) is 0. The number of fused-ring (bicyclic) bond motifs is 1. The molecule has 0 fully saturated rings. The largest absolute Gasteiger partial charge is 0.259 e. The Morgan fingerprint density at radius 1 is 1.00 bits per heavy atom. The van der Waals surface area contributed by atoms with Gasteiger partial charge in [0.15, 0.2) is 0 Å². The van der Waals surface area contributed by atoms with Crippen molar-refractivity contribution >= 4 is 28.9 Å². The maximum absolute atomic E-state index is 4.35. The zero-order valence-electron chi connectivity index (χ0n) is 14.6. The van der Waals surface area contributed by atoms with Crippen LogP contribution in [0.3, 0.4) is 0 Å². The monoisotopic (exact) mass is 286 g/mol. The summed E-state index contributed by atoms with van der Waals surface area (Å²) in [5, 5.41) is 1.10. The maximum Gasteiger partial charge on any atom is 0.0964 e. The third-order valence-corrected chi connectivity index (χ3v) is 2.26. The van der Waals surface area contributed by atoms with E-state index in [9.17, 15) is 0 Å². The molecule has 116 valence electrons. The Balaban J connectivity index is 0. The Labute approximate surface area is 130 Å². The van der Waals surface area contributed by atoms with Gasteiger partial charge in [-0.15, -0.1) is 0 Å². The minimum Gasteiger partial charge on any atom is -0.259 e. The van der Waals surface area contributed by atoms with Crippen molar-refractivity contribution in [3.8, 4) is 0 Å². The van der Waals surface area contributed by atoms with Gasteiger partial charge in [-0.25, -0.2) is 0 Å². The molecular weight excluding hydrogens is 256 g/mol. The van der Waals surface area contributed by atoms with Gasteiger partial charge < -0.3 is 0 Å². The standard InChI is InChI=1S/C13H12N2.3C2H6/c1-3-10-7-8-11-6-5-9-15-13(11)12(10)14-4-2;3*1-2/h3-9H,1H2,2H3;3*1-2H3. The Bertz CT molecular complexity index is 528. The van der Waals surface area contributed by atoms with E-state index in [1.165, 1.54) is 0 Å². The lowest BCUT2D eigenvalue weighted by atomic mass is 10.1. The van der Waals surface area contributed by atoms with Crippen LogP contribution in [0, 0.1) is 0 Å². The first-order chi connectivity index (χ1) is 10.4. The van der Waals surface area contributed by atoms with Gasteiger partial charge >= 0.3 is 0 Å². The van der Waals surface area contributed by atoms with Crippen molar-refractivity contribution in [3.05, 3.63) is 42.6 Å². The number of rotatable bonds is 2. The highest BCUT2D eigenvalue weighted by Crippen LogP contribution is 2.28. The molecule has 0 amide bonds. The molecule has 0 spiro atoms. The molecule has 0 unspecified atom stereocenters. The molecule has 0 aliphatic carbocycles. The summed E-state index contributed by atoms with van der Waals surface area (Å²) in [6.07, 6.45) is 5.36. The Morgan fingerprint density at radius 3 is 2.14 bits per heavy atom. The SMILES string of the molecule is C=Cc1ccc2cccnc2c1N=CC.CC.CC.CC. The molecule has 1 aromatic carbocycles. The molecule has 0 N–H and O–H groups in total. The third kappa shape index (κ3) is 6.35. The molecule has 1 aromatic heterocycles. The second-order valence-corrected chi connectivity index (χ2v) is 3.17. The van der Waals surface area contributed by atoms with Crippen LogP contribution in [0.5, 0.6) is 0 Å². The van der Waals surface area contributed by atoms with E-state index >= 15 is 0 Å². The van der Waals surface area contributed by atoms with Crippen LogP contribution < -0.4 is 0 Å². The smallest absolute Gasteiger partial charge is 0.0964 e. The number of hydrogen-bond donors (Lipinski definition) is 0. The summed E-state index contributed by atoms with van der Waals surface area (Å²) in [5.41, 5.74) is 2.83. The van der Waals surface area contributed by atoms with Gasteiger partial charge in [0.1, 0.15) is 0 Å². The van der Waals surface area contributed by atoms with Crippen molar-refractivity contribution in [3.63, 3.8) is 0 Å². The van der Waals surface area contributed by atoms with Gasteiger partial charge in [0.2, 0.25) is 0 Å². The van der Waals surface area contributed by atoms with E-state index in [1.54, 1.807) is 18.5 Å². The topological polar surface area (TPSA) is 25.2 Å². The van der Waals surface area contributed by atoms with Gasteiger partial charge in [-0.2, -0.15) is 0 Å². The first-order valence-corrected chi connectivity index (χ1v) is 7.85. The number of hydrogen-bond acceptors (Lipinski definition) is 2. The molecule has 0 bridgehead atoms. The Morgan fingerprint density at radius 2 is 1.62 bits per heavy atom. The van der Waals surface area contributed by atoms with Crippen LogP contribution in [-0.4, -0.2) is 11.2 Å². The van der Waals surface area contributed by atoms with Crippen molar-refractivity contribution < 1.29 is 0 Å². The van der Waals surface area contributed by atoms with Crippen LogP contribution in [0.4, 0.5) is 5.69 Å².